The van der Waals surface area contributed by atoms with E-state index in [0.717, 1.165) is 0 Å². The van der Waals surface area contributed by atoms with Crippen molar-refractivity contribution in [1.82, 2.24) is 0 Å². The van der Waals surface area contributed by atoms with Gasteiger partial charge in [-0.25, -0.2) is 0 Å². The Kier molecular flexibility index (Phi) is 16.1. The van der Waals surface area contributed by atoms with Gasteiger partial charge < -0.3 is 129 Å². The standard InChI is InChI=1S/C30H52O26/c31-1-6-11(33)17(39)21(43)27(52-6)49-5-10-15(37)25(56-30-23(45)18(40)12(34)7(2-32)53-30)24(46)29(55-10)50-4-9-14(36)19(41)22(44)28(54-9)48-3-8-13(35)16(38)20(42)26(47)51-8/h6-47H,1-5H2/t6-,7-,8-,9-,10-,11-,12-,13-,14-,15-,16+,17+,18+,19+,20-,21-,22-,23-,24-,25+,26+,27+,28+,29+,30-/m1/s1. The fourth-order valence-electron chi connectivity index (χ4n) is 6.71. The molecular formula is C30H52O26. The average Bonchev–Trinajstić information content (AvgIpc) is 3.18. The molecule has 0 aromatic rings. The highest BCUT2D eigenvalue weighted by atomic mass is 16.8. The van der Waals surface area contributed by atoms with Crippen molar-refractivity contribution in [1.29, 1.82) is 0 Å². The van der Waals surface area contributed by atoms with Crippen LogP contribution >= 0.6 is 0 Å². The summed E-state index contributed by atoms with van der Waals surface area (Å²) < 4.78 is 49.0. The molecule has 0 spiro atoms. The minimum Gasteiger partial charge on any atom is -0.394 e. The van der Waals surface area contributed by atoms with E-state index < -0.39 is 187 Å². The van der Waals surface area contributed by atoms with Gasteiger partial charge >= 0.3 is 0 Å². The zero-order valence-corrected chi connectivity index (χ0v) is 29.2. The molecule has 0 aliphatic carbocycles. The van der Waals surface area contributed by atoms with Gasteiger partial charge in [0.25, 0.3) is 0 Å². The van der Waals surface area contributed by atoms with Crippen LogP contribution in [-0.4, -0.2) is 273 Å². The number of aliphatic hydroxyl groups is 17. The van der Waals surface area contributed by atoms with Crippen LogP contribution in [0.1, 0.15) is 0 Å². The van der Waals surface area contributed by atoms with Crippen LogP contribution in [0.2, 0.25) is 0 Å². The fourth-order valence-corrected chi connectivity index (χ4v) is 6.71. The predicted octanol–water partition coefficient (Wildman–Crippen LogP) is -11.9. The number of hydrogen-bond acceptors (Lipinski definition) is 26. The van der Waals surface area contributed by atoms with Gasteiger partial charge in [-0.15, -0.1) is 0 Å². The molecule has 26 heteroatoms. The molecule has 26 nitrogen and oxygen atoms in total. The monoisotopic (exact) mass is 828 g/mol. The molecule has 5 fully saturated rings. The van der Waals surface area contributed by atoms with E-state index >= 15 is 0 Å². The molecule has 25 atom stereocenters. The van der Waals surface area contributed by atoms with Crippen molar-refractivity contribution in [3.05, 3.63) is 0 Å². The lowest BCUT2D eigenvalue weighted by atomic mass is 9.96. The van der Waals surface area contributed by atoms with Gasteiger partial charge in [-0.3, -0.25) is 0 Å². The Bertz CT molecular complexity index is 1200. The second-order valence-electron chi connectivity index (χ2n) is 14.1. The lowest BCUT2D eigenvalue weighted by Crippen LogP contribution is -2.65. The van der Waals surface area contributed by atoms with E-state index in [2.05, 4.69) is 0 Å². The van der Waals surface area contributed by atoms with Crippen molar-refractivity contribution in [3.8, 4) is 0 Å². The summed E-state index contributed by atoms with van der Waals surface area (Å²) in [5.74, 6) is 0. The van der Waals surface area contributed by atoms with E-state index in [0.29, 0.717) is 0 Å². The van der Waals surface area contributed by atoms with Crippen molar-refractivity contribution in [2.75, 3.05) is 33.0 Å². The highest BCUT2D eigenvalue weighted by molar-refractivity contribution is 4.96. The smallest absolute Gasteiger partial charge is 0.187 e. The third kappa shape index (κ3) is 9.61. The third-order valence-electron chi connectivity index (χ3n) is 10.3. The quantitative estimate of drug-likeness (QED) is 0.0819. The summed E-state index contributed by atoms with van der Waals surface area (Å²) in [6.45, 7) is -3.94. The summed E-state index contributed by atoms with van der Waals surface area (Å²) in [5.41, 5.74) is 0. The lowest BCUT2D eigenvalue weighted by Gasteiger charge is -2.47. The Balaban J connectivity index is 1.29. The molecule has 0 amide bonds. The molecule has 5 aliphatic heterocycles. The largest absolute Gasteiger partial charge is 0.394 e. The van der Waals surface area contributed by atoms with Crippen molar-refractivity contribution in [2.24, 2.45) is 0 Å². The summed E-state index contributed by atoms with van der Waals surface area (Å²) >= 11 is 0. The third-order valence-corrected chi connectivity index (χ3v) is 10.3. The Morgan fingerprint density at radius 2 is 0.625 bits per heavy atom. The van der Waals surface area contributed by atoms with Crippen LogP contribution < -0.4 is 0 Å². The molecular weight excluding hydrogens is 776 g/mol. The summed E-state index contributed by atoms with van der Waals surface area (Å²) in [7, 11) is 0. The maximum absolute atomic E-state index is 11.3. The van der Waals surface area contributed by atoms with E-state index in [4.69, 9.17) is 42.6 Å². The second kappa shape index (κ2) is 19.6. The molecule has 5 saturated heterocycles. The minimum atomic E-state index is -2.05. The minimum absolute atomic E-state index is 0.699. The molecule has 17 N–H and O–H groups in total. The van der Waals surface area contributed by atoms with Gasteiger partial charge in [-0.05, 0) is 0 Å². The van der Waals surface area contributed by atoms with Gasteiger partial charge in [0.2, 0.25) is 0 Å². The molecule has 5 rings (SSSR count). The topological polar surface area (TPSA) is 427 Å². The molecule has 5 aliphatic rings. The van der Waals surface area contributed by atoms with Crippen molar-refractivity contribution in [2.45, 2.75) is 154 Å². The van der Waals surface area contributed by atoms with Crippen LogP contribution in [0, 0.1) is 0 Å². The SMILES string of the molecule is OC[C@H]1O[C@H](OC[C@H]2O[C@H](OC[C@H]3O[C@H](OC[C@H]4O[C@H](O)[C@H](O)[C@@H](O)[C@@H]4O)[C@H](O)[C@@H](O)[C@@H]3O)[C@H](O)[C@@H](O[C@H]3O[C@H](CO)[C@@H](O)[C@H](O)[C@H]3O)[C@@H]2O)[C@H](O)[C@@H](O)[C@@H]1O. The van der Waals surface area contributed by atoms with E-state index in [-0.39, 0.29) is 0 Å². The second-order valence-corrected chi connectivity index (χ2v) is 14.1. The van der Waals surface area contributed by atoms with E-state index in [1.807, 2.05) is 0 Å². The van der Waals surface area contributed by atoms with Crippen LogP contribution in [0.4, 0.5) is 0 Å². The van der Waals surface area contributed by atoms with E-state index in [9.17, 15) is 86.8 Å². The van der Waals surface area contributed by atoms with Gasteiger partial charge in [0.15, 0.2) is 31.5 Å². The van der Waals surface area contributed by atoms with Gasteiger partial charge in [0, 0.05) is 0 Å². The first-order chi connectivity index (χ1) is 26.4. The lowest BCUT2D eigenvalue weighted by molar-refractivity contribution is -0.371. The highest BCUT2D eigenvalue weighted by Crippen LogP contribution is 2.32. The summed E-state index contributed by atoms with van der Waals surface area (Å²) in [4.78, 5) is 0. The molecule has 0 saturated carbocycles. The zero-order valence-electron chi connectivity index (χ0n) is 29.2. The van der Waals surface area contributed by atoms with Crippen LogP contribution in [0.5, 0.6) is 0 Å². The van der Waals surface area contributed by atoms with Crippen LogP contribution in [0.25, 0.3) is 0 Å². The zero-order chi connectivity index (χ0) is 41.3. The molecule has 0 bridgehead atoms. The Labute approximate surface area is 316 Å². The average molecular weight is 829 g/mol. The molecule has 328 valence electrons. The van der Waals surface area contributed by atoms with Crippen LogP contribution in [0.3, 0.4) is 0 Å². The Morgan fingerprint density at radius 3 is 1.07 bits per heavy atom. The maximum Gasteiger partial charge on any atom is 0.187 e. The van der Waals surface area contributed by atoms with E-state index in [1.165, 1.54) is 0 Å². The first-order valence-electron chi connectivity index (χ1n) is 17.6. The fraction of sp³-hybridized carbons (Fsp3) is 1.00. The van der Waals surface area contributed by atoms with Gasteiger partial charge in [-0.2, -0.15) is 0 Å². The molecule has 0 aromatic carbocycles. The van der Waals surface area contributed by atoms with Gasteiger partial charge in [0.1, 0.15) is 122 Å². The summed E-state index contributed by atoms with van der Waals surface area (Å²) in [6, 6.07) is 0. The Morgan fingerprint density at radius 1 is 0.304 bits per heavy atom. The molecule has 0 radical (unpaired) electrons. The number of aliphatic hydroxyl groups excluding tert-OH is 17. The molecule has 5 heterocycles. The van der Waals surface area contributed by atoms with Crippen molar-refractivity contribution in [3.63, 3.8) is 0 Å². The predicted molar refractivity (Wildman–Crippen MR) is 167 cm³/mol. The first-order valence-corrected chi connectivity index (χ1v) is 17.6. The number of ether oxygens (including phenoxy) is 9. The highest BCUT2D eigenvalue weighted by Gasteiger charge is 2.53. The first kappa shape index (κ1) is 46.0. The van der Waals surface area contributed by atoms with Crippen LogP contribution in [0.15, 0.2) is 0 Å². The molecule has 56 heavy (non-hydrogen) atoms. The van der Waals surface area contributed by atoms with Crippen LogP contribution in [-0.2, 0) is 42.6 Å². The van der Waals surface area contributed by atoms with Gasteiger partial charge in [0.05, 0.1) is 33.0 Å². The number of rotatable bonds is 13. The van der Waals surface area contributed by atoms with Gasteiger partial charge in [-0.1, -0.05) is 0 Å². The van der Waals surface area contributed by atoms with E-state index in [1.54, 1.807) is 0 Å². The summed E-state index contributed by atoms with van der Waals surface area (Å²) in [5, 5.41) is 175. The maximum atomic E-state index is 11.3. The summed E-state index contributed by atoms with van der Waals surface area (Å²) in [6.07, 6.45) is -45.3. The van der Waals surface area contributed by atoms with Crippen molar-refractivity contribution >= 4 is 0 Å². The molecule has 0 unspecified atom stereocenters. The molecule has 0 aromatic heterocycles. The Hall–Kier alpha value is -1.04. The normalized spacial score (nSPS) is 53.2. The van der Waals surface area contributed by atoms with Crippen molar-refractivity contribution < 1.29 is 129 Å². The number of hydrogen-bond donors (Lipinski definition) is 17.